The van der Waals surface area contributed by atoms with Crippen LogP contribution in [0.3, 0.4) is 0 Å². The van der Waals surface area contributed by atoms with Crippen molar-refractivity contribution in [2.24, 2.45) is 0 Å². The van der Waals surface area contributed by atoms with Gasteiger partial charge in [-0.25, -0.2) is 4.98 Å². The number of hydrogen-bond acceptors (Lipinski definition) is 5. The first-order chi connectivity index (χ1) is 20.7. The molecular formula is C35H39N3O4. The minimum absolute atomic E-state index is 0.00901. The summed E-state index contributed by atoms with van der Waals surface area (Å²) in [7, 11) is 3.20. The van der Waals surface area contributed by atoms with Crippen LogP contribution in [0.4, 0.5) is 0 Å². The number of ether oxygens (including phenoxy) is 3. The number of benzene rings is 4. The lowest BCUT2D eigenvalue weighted by atomic mass is 10.1. The number of imidazole rings is 1. The van der Waals surface area contributed by atoms with Gasteiger partial charge in [-0.3, -0.25) is 4.79 Å². The second-order valence-corrected chi connectivity index (χ2v) is 10.4. The third-order valence-corrected chi connectivity index (χ3v) is 7.48. The minimum atomic E-state index is 0.00901. The van der Waals surface area contributed by atoms with Gasteiger partial charge in [0.25, 0.3) is 0 Å². The molecule has 0 atom stereocenters. The van der Waals surface area contributed by atoms with E-state index in [0.29, 0.717) is 31.1 Å². The van der Waals surface area contributed by atoms with Gasteiger partial charge in [-0.2, -0.15) is 0 Å². The summed E-state index contributed by atoms with van der Waals surface area (Å²) in [5, 5.41) is 5.38. The third kappa shape index (κ3) is 7.21. The Kier molecular flexibility index (Phi) is 9.94. The van der Waals surface area contributed by atoms with Gasteiger partial charge in [0, 0.05) is 24.9 Å². The number of amides is 1. The molecular weight excluding hydrogens is 526 g/mol. The van der Waals surface area contributed by atoms with Crippen LogP contribution in [-0.2, 0) is 24.2 Å². The van der Waals surface area contributed by atoms with Crippen LogP contribution in [0.25, 0.3) is 21.8 Å². The smallest absolute Gasteiger partial charge is 0.224 e. The lowest BCUT2D eigenvalue weighted by molar-refractivity contribution is -0.120. The molecule has 0 bridgehead atoms. The number of unbranched alkanes of at least 4 members (excludes halogenated alkanes) is 2. The Labute approximate surface area is 247 Å². The van der Waals surface area contributed by atoms with Crippen LogP contribution in [0.5, 0.6) is 17.2 Å². The molecule has 0 saturated heterocycles. The third-order valence-electron chi connectivity index (χ3n) is 7.48. The number of fused-ring (bicyclic) bond motifs is 2. The van der Waals surface area contributed by atoms with Crippen molar-refractivity contribution in [3.05, 3.63) is 96.3 Å². The number of nitrogens with one attached hydrogen (secondary N) is 1. The highest BCUT2D eigenvalue weighted by Gasteiger charge is 2.11. The van der Waals surface area contributed by atoms with Crippen molar-refractivity contribution >= 4 is 27.7 Å². The maximum Gasteiger partial charge on any atom is 0.224 e. The lowest BCUT2D eigenvalue weighted by Gasteiger charge is -2.12. The highest BCUT2D eigenvalue weighted by Crippen LogP contribution is 2.28. The van der Waals surface area contributed by atoms with Crippen molar-refractivity contribution in [3.63, 3.8) is 0 Å². The average Bonchev–Trinajstić information content (AvgIpc) is 3.38. The molecule has 0 spiro atoms. The van der Waals surface area contributed by atoms with Crippen LogP contribution < -0.4 is 19.5 Å². The van der Waals surface area contributed by atoms with E-state index < -0.39 is 0 Å². The fourth-order valence-electron chi connectivity index (χ4n) is 5.34. The van der Waals surface area contributed by atoms with Crippen molar-refractivity contribution in [1.29, 1.82) is 0 Å². The number of methoxy groups -OCH3 is 2. The van der Waals surface area contributed by atoms with Crippen LogP contribution in [0.1, 0.15) is 37.1 Å². The minimum Gasteiger partial charge on any atom is -0.493 e. The fraction of sp³-hybridized carbons (Fsp3) is 0.314. The molecule has 0 aliphatic heterocycles. The van der Waals surface area contributed by atoms with E-state index in [-0.39, 0.29) is 5.91 Å². The van der Waals surface area contributed by atoms with Gasteiger partial charge in [0.15, 0.2) is 11.5 Å². The number of nitrogens with zero attached hydrogens (tertiary/aromatic N) is 2. The summed E-state index contributed by atoms with van der Waals surface area (Å²) < 4.78 is 19.1. The van der Waals surface area contributed by atoms with Gasteiger partial charge in [0.2, 0.25) is 5.91 Å². The molecule has 7 heteroatoms. The van der Waals surface area contributed by atoms with E-state index in [1.54, 1.807) is 14.2 Å². The van der Waals surface area contributed by atoms with Gasteiger partial charge >= 0.3 is 0 Å². The molecule has 1 heterocycles. The monoisotopic (exact) mass is 565 g/mol. The second-order valence-electron chi connectivity index (χ2n) is 10.4. The van der Waals surface area contributed by atoms with E-state index in [4.69, 9.17) is 19.2 Å². The number of para-hydroxylation sites is 2. The number of rotatable bonds is 15. The molecule has 1 N–H and O–H groups in total. The van der Waals surface area contributed by atoms with Crippen LogP contribution in [0.2, 0.25) is 0 Å². The molecule has 0 radical (unpaired) electrons. The molecule has 0 saturated carbocycles. The number of carbonyl (C=O) groups excluding carboxylic acids is 1. The summed E-state index contributed by atoms with van der Waals surface area (Å²) in [6, 6.07) is 28.4. The largest absolute Gasteiger partial charge is 0.493 e. The van der Waals surface area contributed by atoms with Crippen molar-refractivity contribution < 1.29 is 19.0 Å². The Balaban J connectivity index is 1.08. The number of hydrogen-bond donors (Lipinski definition) is 1. The van der Waals surface area contributed by atoms with Gasteiger partial charge in [0.05, 0.1) is 38.3 Å². The Hall–Kier alpha value is -4.52. The first-order valence-corrected chi connectivity index (χ1v) is 14.7. The van der Waals surface area contributed by atoms with E-state index in [1.807, 2.05) is 42.5 Å². The highest BCUT2D eigenvalue weighted by molar-refractivity contribution is 5.88. The van der Waals surface area contributed by atoms with Crippen LogP contribution in [0.15, 0.2) is 84.9 Å². The normalized spacial score (nSPS) is 11.1. The molecule has 5 aromatic rings. The molecule has 4 aromatic carbocycles. The molecule has 5 rings (SSSR count). The van der Waals surface area contributed by atoms with Gasteiger partial charge in [-0.15, -0.1) is 0 Å². The van der Waals surface area contributed by atoms with Crippen molar-refractivity contribution in [2.45, 2.75) is 45.1 Å². The maximum atomic E-state index is 12.4. The van der Waals surface area contributed by atoms with Gasteiger partial charge in [-0.05, 0) is 60.5 Å². The Morgan fingerprint density at radius 3 is 2.50 bits per heavy atom. The lowest BCUT2D eigenvalue weighted by Crippen LogP contribution is -2.26. The van der Waals surface area contributed by atoms with Crippen molar-refractivity contribution in [2.75, 3.05) is 27.4 Å². The summed E-state index contributed by atoms with van der Waals surface area (Å²) in [6.07, 6.45) is 5.07. The molecule has 42 heavy (non-hydrogen) atoms. The number of carbonyl (C=O) groups is 1. The zero-order valence-corrected chi connectivity index (χ0v) is 24.5. The summed E-state index contributed by atoms with van der Waals surface area (Å²) in [4.78, 5) is 17.4. The van der Waals surface area contributed by atoms with Gasteiger partial charge < -0.3 is 24.1 Å². The van der Waals surface area contributed by atoms with E-state index in [1.165, 1.54) is 10.9 Å². The first-order valence-electron chi connectivity index (χ1n) is 14.7. The Morgan fingerprint density at radius 1 is 0.810 bits per heavy atom. The highest BCUT2D eigenvalue weighted by atomic mass is 16.5. The molecule has 0 unspecified atom stereocenters. The maximum absolute atomic E-state index is 12.4. The van der Waals surface area contributed by atoms with Crippen molar-refractivity contribution in [3.8, 4) is 17.2 Å². The summed E-state index contributed by atoms with van der Waals surface area (Å²) in [5.41, 5.74) is 3.09. The van der Waals surface area contributed by atoms with Gasteiger partial charge in [-0.1, -0.05) is 61.0 Å². The molecule has 0 aliphatic rings. The molecule has 0 fully saturated rings. The second kappa shape index (κ2) is 14.4. The quantitative estimate of drug-likeness (QED) is 0.142. The summed E-state index contributed by atoms with van der Waals surface area (Å²) >= 11 is 0. The molecule has 7 nitrogen and oxygen atoms in total. The first kappa shape index (κ1) is 29.0. The molecule has 218 valence electrons. The van der Waals surface area contributed by atoms with Crippen LogP contribution >= 0.6 is 0 Å². The Bertz CT molecular complexity index is 1620. The standard InChI is InChI=1S/C35H39N3O4/c1-40-32-20-19-26(24-33(32)41-2)25-35(39)36-21-9-3-4-18-34-37-29-15-7-8-16-30(29)38(34)22-11-23-42-31-17-10-13-27-12-5-6-14-28(27)31/h5-8,10,12-17,19-20,24H,3-4,9,11,18,21-23,25H2,1-2H3,(H,36,39). The zero-order valence-electron chi connectivity index (χ0n) is 24.5. The predicted molar refractivity (Wildman–Crippen MR) is 168 cm³/mol. The number of aromatic nitrogens is 2. The van der Waals surface area contributed by atoms with Crippen LogP contribution in [0, 0.1) is 0 Å². The predicted octanol–water partition coefficient (Wildman–Crippen LogP) is 6.75. The SMILES string of the molecule is COc1ccc(CC(=O)NCCCCCc2nc3ccccc3n2CCCOc2cccc3ccccc23)cc1OC. The average molecular weight is 566 g/mol. The summed E-state index contributed by atoms with van der Waals surface area (Å²) in [5.74, 6) is 3.34. The van der Waals surface area contributed by atoms with E-state index in [0.717, 1.165) is 66.7 Å². The number of aryl methyl sites for hydroxylation is 2. The van der Waals surface area contributed by atoms with Crippen LogP contribution in [-0.4, -0.2) is 42.8 Å². The van der Waals surface area contributed by atoms with E-state index in [9.17, 15) is 4.79 Å². The summed E-state index contributed by atoms with van der Waals surface area (Å²) in [6.45, 7) is 2.16. The molecule has 0 aliphatic carbocycles. The molecule has 1 amide bonds. The Morgan fingerprint density at radius 2 is 1.62 bits per heavy atom. The molecule has 1 aromatic heterocycles. The topological polar surface area (TPSA) is 74.6 Å². The fourth-order valence-corrected chi connectivity index (χ4v) is 5.34. The van der Waals surface area contributed by atoms with Crippen molar-refractivity contribution in [1.82, 2.24) is 14.9 Å². The van der Waals surface area contributed by atoms with E-state index in [2.05, 4.69) is 52.3 Å². The van der Waals surface area contributed by atoms with E-state index >= 15 is 0 Å². The zero-order chi connectivity index (χ0) is 29.1. The van der Waals surface area contributed by atoms with Gasteiger partial charge in [0.1, 0.15) is 11.6 Å².